The minimum atomic E-state index is -4.32. The third kappa shape index (κ3) is 4.05. The Kier molecular flexibility index (Phi) is 3.39. The standard InChI is InChI=1S/C9H9F3N2O/c1-6-4-13-8(14-5-6)7(15)2-3-9(10,11)12/h4-5H,2-3H2,1H3. The summed E-state index contributed by atoms with van der Waals surface area (Å²) in [6, 6.07) is 0. The molecule has 0 spiro atoms. The zero-order chi connectivity index (χ0) is 11.5. The molecule has 0 amide bonds. The van der Waals surface area contributed by atoms with Gasteiger partial charge < -0.3 is 0 Å². The maximum atomic E-state index is 11.8. The number of hydrogen-bond donors (Lipinski definition) is 0. The molecular weight excluding hydrogens is 209 g/mol. The molecule has 6 heteroatoms. The fourth-order valence-electron chi connectivity index (χ4n) is 0.904. The van der Waals surface area contributed by atoms with Crippen LogP contribution in [-0.4, -0.2) is 21.9 Å². The Morgan fingerprint density at radius 2 is 1.87 bits per heavy atom. The van der Waals surface area contributed by atoms with Crippen LogP contribution in [-0.2, 0) is 0 Å². The van der Waals surface area contributed by atoms with Gasteiger partial charge in [-0.2, -0.15) is 13.2 Å². The molecule has 1 aromatic heterocycles. The number of aryl methyl sites for hydroxylation is 1. The maximum Gasteiger partial charge on any atom is 0.389 e. The van der Waals surface area contributed by atoms with Crippen LogP contribution in [0.3, 0.4) is 0 Å². The van der Waals surface area contributed by atoms with Crippen LogP contribution in [0.5, 0.6) is 0 Å². The third-order valence-corrected chi connectivity index (χ3v) is 1.67. The molecule has 15 heavy (non-hydrogen) atoms. The summed E-state index contributed by atoms with van der Waals surface area (Å²) in [4.78, 5) is 18.5. The first-order valence-corrected chi connectivity index (χ1v) is 4.27. The predicted molar refractivity (Wildman–Crippen MR) is 46.4 cm³/mol. The number of ketones is 1. The lowest BCUT2D eigenvalue weighted by atomic mass is 10.2. The van der Waals surface area contributed by atoms with Crippen molar-refractivity contribution in [2.45, 2.75) is 25.9 Å². The van der Waals surface area contributed by atoms with Gasteiger partial charge in [0.1, 0.15) is 0 Å². The van der Waals surface area contributed by atoms with E-state index in [1.807, 2.05) is 0 Å². The smallest absolute Gasteiger partial charge is 0.291 e. The highest BCUT2D eigenvalue weighted by atomic mass is 19.4. The molecule has 0 aliphatic carbocycles. The van der Waals surface area contributed by atoms with Crippen LogP contribution in [0.25, 0.3) is 0 Å². The summed E-state index contributed by atoms with van der Waals surface area (Å²) in [5.41, 5.74) is 0.752. The van der Waals surface area contributed by atoms with Crippen molar-refractivity contribution in [3.63, 3.8) is 0 Å². The van der Waals surface area contributed by atoms with Gasteiger partial charge in [-0.25, -0.2) is 9.97 Å². The summed E-state index contributed by atoms with van der Waals surface area (Å²) in [7, 11) is 0. The van der Waals surface area contributed by atoms with Crippen molar-refractivity contribution < 1.29 is 18.0 Å². The van der Waals surface area contributed by atoms with Crippen molar-refractivity contribution in [1.29, 1.82) is 0 Å². The third-order valence-electron chi connectivity index (χ3n) is 1.67. The summed E-state index contributed by atoms with van der Waals surface area (Å²) < 4.78 is 35.4. The highest BCUT2D eigenvalue weighted by Crippen LogP contribution is 2.21. The number of halogens is 3. The second kappa shape index (κ2) is 4.37. The average molecular weight is 218 g/mol. The van der Waals surface area contributed by atoms with E-state index in [1.54, 1.807) is 6.92 Å². The number of carbonyl (C=O) groups is 1. The second-order valence-corrected chi connectivity index (χ2v) is 3.12. The lowest BCUT2D eigenvalue weighted by molar-refractivity contribution is -0.133. The summed E-state index contributed by atoms with van der Waals surface area (Å²) in [6.07, 6.45) is -3.27. The summed E-state index contributed by atoms with van der Waals surface area (Å²) in [5.74, 6) is -0.850. The molecule has 1 rings (SSSR count). The number of hydrogen-bond acceptors (Lipinski definition) is 3. The van der Waals surface area contributed by atoms with Gasteiger partial charge in [-0.15, -0.1) is 0 Å². The van der Waals surface area contributed by atoms with Gasteiger partial charge in [-0.05, 0) is 12.5 Å². The number of Topliss-reactive ketones (excluding diaryl/α,β-unsaturated/α-hetero) is 1. The minimum Gasteiger partial charge on any atom is -0.291 e. The zero-order valence-corrected chi connectivity index (χ0v) is 8.01. The van der Waals surface area contributed by atoms with Crippen molar-refractivity contribution in [3.8, 4) is 0 Å². The van der Waals surface area contributed by atoms with Gasteiger partial charge >= 0.3 is 6.18 Å². The average Bonchev–Trinajstić information content (AvgIpc) is 2.14. The molecular formula is C9H9F3N2O. The maximum absolute atomic E-state index is 11.8. The number of carbonyl (C=O) groups excluding carboxylic acids is 1. The van der Waals surface area contributed by atoms with Crippen LogP contribution in [0.4, 0.5) is 13.2 Å². The van der Waals surface area contributed by atoms with Gasteiger partial charge in [0.25, 0.3) is 0 Å². The van der Waals surface area contributed by atoms with Crippen LogP contribution in [0.1, 0.15) is 29.0 Å². The van der Waals surface area contributed by atoms with Crippen LogP contribution >= 0.6 is 0 Å². The highest BCUT2D eigenvalue weighted by molar-refractivity contribution is 5.92. The normalized spacial score (nSPS) is 11.5. The molecule has 0 bridgehead atoms. The van der Waals surface area contributed by atoms with E-state index in [0.29, 0.717) is 0 Å². The van der Waals surface area contributed by atoms with E-state index >= 15 is 0 Å². The van der Waals surface area contributed by atoms with Gasteiger partial charge in [0.2, 0.25) is 0 Å². The van der Waals surface area contributed by atoms with Crippen molar-refractivity contribution in [2.75, 3.05) is 0 Å². The van der Waals surface area contributed by atoms with E-state index in [-0.39, 0.29) is 5.82 Å². The SMILES string of the molecule is Cc1cnc(C(=O)CCC(F)(F)F)nc1. The number of alkyl halides is 3. The Balaban J connectivity index is 2.58. The zero-order valence-electron chi connectivity index (χ0n) is 8.01. The molecule has 0 radical (unpaired) electrons. The van der Waals surface area contributed by atoms with Crippen LogP contribution < -0.4 is 0 Å². The van der Waals surface area contributed by atoms with Crippen molar-refractivity contribution in [2.24, 2.45) is 0 Å². The lowest BCUT2D eigenvalue weighted by Gasteiger charge is -2.04. The van der Waals surface area contributed by atoms with Gasteiger partial charge in [0.15, 0.2) is 11.6 Å². The Morgan fingerprint density at radius 1 is 1.33 bits per heavy atom. The van der Waals surface area contributed by atoms with Crippen LogP contribution in [0.15, 0.2) is 12.4 Å². The molecule has 0 saturated carbocycles. The molecule has 1 heterocycles. The van der Waals surface area contributed by atoms with Gasteiger partial charge in [0, 0.05) is 18.8 Å². The van der Waals surface area contributed by atoms with Gasteiger partial charge in [0.05, 0.1) is 6.42 Å². The van der Waals surface area contributed by atoms with Gasteiger partial charge in [-0.3, -0.25) is 4.79 Å². The van der Waals surface area contributed by atoms with Crippen molar-refractivity contribution in [1.82, 2.24) is 9.97 Å². The fourth-order valence-corrected chi connectivity index (χ4v) is 0.904. The molecule has 0 fully saturated rings. The summed E-state index contributed by atoms with van der Waals surface area (Å²) in [5, 5.41) is 0. The largest absolute Gasteiger partial charge is 0.389 e. The van der Waals surface area contributed by atoms with Gasteiger partial charge in [-0.1, -0.05) is 0 Å². The first-order valence-electron chi connectivity index (χ1n) is 4.27. The van der Waals surface area contributed by atoms with Crippen molar-refractivity contribution >= 4 is 5.78 Å². The monoisotopic (exact) mass is 218 g/mol. The molecule has 3 nitrogen and oxygen atoms in total. The predicted octanol–water partition coefficient (Wildman–Crippen LogP) is 2.31. The van der Waals surface area contributed by atoms with E-state index in [9.17, 15) is 18.0 Å². The molecule has 0 aliphatic rings. The van der Waals surface area contributed by atoms with Crippen LogP contribution in [0.2, 0.25) is 0 Å². The van der Waals surface area contributed by atoms with E-state index < -0.39 is 24.8 Å². The molecule has 0 N–H and O–H groups in total. The molecule has 0 saturated heterocycles. The molecule has 0 unspecified atom stereocenters. The fraction of sp³-hybridized carbons (Fsp3) is 0.444. The molecule has 0 atom stereocenters. The Morgan fingerprint density at radius 3 is 2.33 bits per heavy atom. The van der Waals surface area contributed by atoms with E-state index in [2.05, 4.69) is 9.97 Å². The second-order valence-electron chi connectivity index (χ2n) is 3.12. The Labute approximate surface area is 84.4 Å². The quantitative estimate of drug-likeness (QED) is 0.731. The summed E-state index contributed by atoms with van der Waals surface area (Å²) >= 11 is 0. The van der Waals surface area contributed by atoms with Crippen molar-refractivity contribution in [3.05, 3.63) is 23.8 Å². The van der Waals surface area contributed by atoms with E-state index in [4.69, 9.17) is 0 Å². The first kappa shape index (κ1) is 11.6. The Bertz CT molecular complexity index is 345. The summed E-state index contributed by atoms with van der Waals surface area (Å²) in [6.45, 7) is 1.73. The topological polar surface area (TPSA) is 42.9 Å². The van der Waals surface area contributed by atoms with E-state index in [1.165, 1.54) is 12.4 Å². The first-order chi connectivity index (χ1) is 6.88. The molecule has 0 aromatic carbocycles. The number of aromatic nitrogens is 2. The number of nitrogens with zero attached hydrogens (tertiary/aromatic N) is 2. The van der Waals surface area contributed by atoms with E-state index in [0.717, 1.165) is 5.56 Å². The van der Waals surface area contributed by atoms with Crippen LogP contribution in [0, 0.1) is 6.92 Å². The lowest BCUT2D eigenvalue weighted by Crippen LogP contribution is -2.12. The molecule has 82 valence electrons. The molecule has 1 aromatic rings. The number of rotatable bonds is 3. The highest BCUT2D eigenvalue weighted by Gasteiger charge is 2.28. The Hall–Kier alpha value is -1.46. The molecule has 0 aliphatic heterocycles. The minimum absolute atomic E-state index is 0.162.